The predicted molar refractivity (Wildman–Crippen MR) is 398 cm³/mol. The Kier molecular flexibility index (Phi) is 38.2. The van der Waals surface area contributed by atoms with E-state index >= 15 is 0 Å². The minimum absolute atomic E-state index is 0.0412. The zero-order chi connectivity index (χ0) is 76.3. The summed E-state index contributed by atoms with van der Waals surface area (Å²) in [6, 6.07) is 24.2. The van der Waals surface area contributed by atoms with Crippen LogP contribution in [0.15, 0.2) is 78.9 Å². The Morgan fingerprint density at radius 2 is 0.990 bits per heavy atom. The Balaban J connectivity index is 0.927. The van der Waals surface area contributed by atoms with E-state index in [2.05, 4.69) is 52.2 Å². The molecule has 105 heavy (non-hydrogen) atoms. The van der Waals surface area contributed by atoms with Gasteiger partial charge in [-0.2, -0.15) is 0 Å². The topological polar surface area (TPSA) is 273 Å². The highest BCUT2D eigenvalue weighted by Crippen LogP contribution is 2.43. The first-order chi connectivity index (χ1) is 50.4. The standard InChI is InChI=1S/C83H123N3O19/c1-56(87)38-47-80(95)103-72-51-68(53-102-83(65-29-17-16-18-30-65,66-39-43-70(96-10)44-40-66)67-41-45-71(97-11)46-42-67)86(52-72)79(94)37-22-15-13-20-32-69(90)31-19-12-14-21-34-74(91)73(85-78(93)36-25-28-50-99-82-62(7)58(3)60(5)76(105-82)55-101-64(9)89)33-23-26-48-84-77(92)35-24-27-49-98-81-61(6)57(2)59(4)75(104-81)54-100-63(8)88/h16-18,29-30,39-46,57-62,68,72-73,75-76,81-82H,12-15,19-28,31-38,47-55H2,1-11H3,(H,84,92)(H,85,93)/t57?,58?,59?,60?,61?,62?,68-,72+,73-,75?,76?,81?,82?/m0/s1. The lowest BCUT2D eigenvalue weighted by molar-refractivity contribution is -0.255. The molecule has 10 unspecified atom stereocenters. The third-order valence-corrected chi connectivity index (χ3v) is 21.6. The monoisotopic (exact) mass is 1470 g/mol. The van der Waals surface area contributed by atoms with E-state index < -0.39 is 42.3 Å². The first kappa shape index (κ1) is 86.8. The summed E-state index contributed by atoms with van der Waals surface area (Å²) in [6.07, 6.45) is 10.2. The number of methoxy groups -OCH3 is 2. The Labute approximate surface area is 624 Å². The van der Waals surface area contributed by atoms with Crippen LogP contribution in [0.5, 0.6) is 11.5 Å². The number of benzene rings is 3. The van der Waals surface area contributed by atoms with Crippen LogP contribution in [0.1, 0.15) is 233 Å². The van der Waals surface area contributed by atoms with Crippen LogP contribution < -0.4 is 20.1 Å². The third-order valence-electron chi connectivity index (χ3n) is 21.6. The third kappa shape index (κ3) is 28.9. The number of nitrogens with one attached hydrogen (secondary N) is 2. The highest BCUT2D eigenvalue weighted by Gasteiger charge is 2.44. The molecule has 3 saturated heterocycles. The number of likely N-dealkylation sites (tertiary alicyclic amines) is 1. The molecule has 3 fully saturated rings. The summed E-state index contributed by atoms with van der Waals surface area (Å²) in [5.74, 6) is 1.05. The fourth-order valence-corrected chi connectivity index (χ4v) is 14.3. The molecule has 6 rings (SSSR count). The number of ether oxygens (including phenoxy) is 10. The van der Waals surface area contributed by atoms with Gasteiger partial charge in [-0.3, -0.25) is 38.4 Å². The van der Waals surface area contributed by atoms with Crippen molar-refractivity contribution in [2.75, 3.05) is 60.3 Å². The molecule has 0 saturated carbocycles. The van der Waals surface area contributed by atoms with Gasteiger partial charge in [0.05, 0.1) is 58.1 Å². The highest BCUT2D eigenvalue weighted by molar-refractivity contribution is 5.89. The lowest BCUT2D eigenvalue weighted by Gasteiger charge is -2.43. The molecule has 0 aromatic heterocycles. The van der Waals surface area contributed by atoms with Crippen LogP contribution in [0.4, 0.5) is 0 Å². The van der Waals surface area contributed by atoms with Crippen LogP contribution in [0, 0.1) is 35.5 Å². The van der Waals surface area contributed by atoms with Gasteiger partial charge >= 0.3 is 17.9 Å². The second kappa shape index (κ2) is 46.2. The Hall–Kier alpha value is -7.11. The van der Waals surface area contributed by atoms with Gasteiger partial charge in [0, 0.05) is 96.8 Å². The van der Waals surface area contributed by atoms with Crippen molar-refractivity contribution >= 4 is 53.0 Å². The normalized spacial score (nSPS) is 22.6. The van der Waals surface area contributed by atoms with Crippen LogP contribution in [0.25, 0.3) is 0 Å². The number of esters is 3. The number of ketones is 3. The molecule has 584 valence electrons. The molecule has 13 atom stereocenters. The summed E-state index contributed by atoms with van der Waals surface area (Å²) in [5, 5.41) is 6.03. The summed E-state index contributed by atoms with van der Waals surface area (Å²) in [7, 11) is 3.23. The minimum Gasteiger partial charge on any atom is -0.497 e. The van der Waals surface area contributed by atoms with Crippen molar-refractivity contribution in [3.63, 3.8) is 0 Å². The number of unbranched alkanes of at least 4 members (excludes halogenated alkanes) is 9. The van der Waals surface area contributed by atoms with Gasteiger partial charge in [0.15, 0.2) is 18.4 Å². The Morgan fingerprint density at radius 3 is 1.50 bits per heavy atom. The van der Waals surface area contributed by atoms with Gasteiger partial charge < -0.3 is 67.7 Å². The summed E-state index contributed by atoms with van der Waals surface area (Å²) in [6.45, 7) is 18.8. The zero-order valence-electron chi connectivity index (χ0n) is 64.6. The maximum atomic E-state index is 14.3. The molecular formula is C83H123N3O19. The number of hydrogen-bond acceptors (Lipinski definition) is 19. The quantitative estimate of drug-likeness (QED) is 0.0230. The van der Waals surface area contributed by atoms with Crippen molar-refractivity contribution in [1.29, 1.82) is 0 Å². The summed E-state index contributed by atoms with van der Waals surface area (Å²) in [5.41, 5.74) is 1.40. The number of carbonyl (C=O) groups excluding carboxylic acids is 9. The van der Waals surface area contributed by atoms with Crippen molar-refractivity contribution in [2.24, 2.45) is 35.5 Å². The van der Waals surface area contributed by atoms with Gasteiger partial charge in [0.2, 0.25) is 17.7 Å². The molecule has 3 aromatic rings. The van der Waals surface area contributed by atoms with Crippen molar-refractivity contribution in [2.45, 2.75) is 265 Å². The fourth-order valence-electron chi connectivity index (χ4n) is 14.3. The minimum atomic E-state index is -1.14. The van der Waals surface area contributed by atoms with Crippen LogP contribution in [-0.4, -0.2) is 161 Å². The molecule has 0 spiro atoms. The largest absolute Gasteiger partial charge is 0.497 e. The first-order valence-corrected chi connectivity index (χ1v) is 38.8. The summed E-state index contributed by atoms with van der Waals surface area (Å²) < 4.78 is 59.5. The van der Waals surface area contributed by atoms with Crippen molar-refractivity contribution in [1.82, 2.24) is 15.5 Å². The van der Waals surface area contributed by atoms with Gasteiger partial charge in [0.1, 0.15) is 48.0 Å². The maximum Gasteiger partial charge on any atom is 0.306 e. The molecule has 22 nitrogen and oxygen atoms in total. The van der Waals surface area contributed by atoms with E-state index in [9.17, 15) is 43.2 Å². The molecule has 3 aliphatic heterocycles. The second-order valence-corrected chi connectivity index (χ2v) is 29.4. The number of hydrogen-bond donors (Lipinski definition) is 2. The average Bonchev–Trinajstić information content (AvgIpc) is 1.20. The van der Waals surface area contributed by atoms with E-state index in [4.69, 9.17) is 47.4 Å². The van der Waals surface area contributed by atoms with E-state index in [1.807, 2.05) is 78.9 Å². The molecule has 2 N–H and O–H groups in total. The Morgan fingerprint density at radius 1 is 0.505 bits per heavy atom. The molecule has 0 aliphatic carbocycles. The van der Waals surface area contributed by atoms with Gasteiger partial charge in [-0.1, -0.05) is 122 Å². The van der Waals surface area contributed by atoms with Crippen LogP contribution in [0.3, 0.4) is 0 Å². The van der Waals surface area contributed by atoms with Gasteiger partial charge in [0.25, 0.3) is 0 Å². The van der Waals surface area contributed by atoms with Crippen LogP contribution >= 0.6 is 0 Å². The molecule has 3 aliphatic rings. The van der Waals surface area contributed by atoms with Gasteiger partial charge in [-0.15, -0.1) is 0 Å². The van der Waals surface area contributed by atoms with E-state index in [1.165, 1.54) is 20.8 Å². The van der Waals surface area contributed by atoms with E-state index in [0.29, 0.717) is 133 Å². The second-order valence-electron chi connectivity index (χ2n) is 29.4. The van der Waals surface area contributed by atoms with Crippen molar-refractivity contribution in [3.8, 4) is 11.5 Å². The number of nitrogens with zero attached hydrogens (tertiary/aromatic N) is 1. The molecule has 22 heteroatoms. The molecular weight excluding hydrogens is 1340 g/mol. The average molecular weight is 1470 g/mol. The molecule has 0 radical (unpaired) electrons. The molecule has 3 aromatic carbocycles. The number of rotatable bonds is 49. The SMILES string of the molecule is COc1ccc(C(OC[C@@H]2C[C@@H](OC(=O)CCC(C)=O)CN2C(=O)CCCCCCC(=O)CCCCCCC(=O)[C@H](CCCCNC(=O)CCCCOC2OC(COC(C)=O)C(C)C(C)C2C)NC(=O)CCCCOC2OC(COC(C)=O)C(C)C(C)C2C)(c2ccccc2)c2ccc(OC)cc2)cc1. The lowest BCUT2D eigenvalue weighted by atomic mass is 9.79. The molecule has 3 heterocycles. The highest BCUT2D eigenvalue weighted by atomic mass is 16.7. The number of carbonyl (C=O) groups is 9. The predicted octanol–water partition coefficient (Wildman–Crippen LogP) is 13.3. The van der Waals surface area contributed by atoms with Gasteiger partial charge in [-0.25, -0.2) is 0 Å². The zero-order valence-corrected chi connectivity index (χ0v) is 64.6. The maximum absolute atomic E-state index is 14.3. The van der Waals surface area contributed by atoms with E-state index in [0.717, 1.165) is 42.4 Å². The first-order valence-electron chi connectivity index (χ1n) is 38.8. The summed E-state index contributed by atoms with van der Waals surface area (Å²) in [4.78, 5) is 117. The fraction of sp³-hybridized carbons (Fsp3) is 0.675. The lowest BCUT2D eigenvalue weighted by Crippen LogP contribution is -2.47. The van der Waals surface area contributed by atoms with Crippen molar-refractivity contribution in [3.05, 3.63) is 95.6 Å². The van der Waals surface area contributed by atoms with E-state index in [1.54, 1.807) is 19.1 Å². The summed E-state index contributed by atoms with van der Waals surface area (Å²) >= 11 is 0. The van der Waals surface area contributed by atoms with Crippen molar-refractivity contribution < 1.29 is 90.5 Å². The Bertz CT molecular complexity index is 3100. The van der Waals surface area contributed by atoms with Gasteiger partial charge in [-0.05, 0) is 142 Å². The van der Waals surface area contributed by atoms with Crippen LogP contribution in [0.2, 0.25) is 0 Å². The molecule has 0 bridgehead atoms. The number of Topliss-reactive ketones (excluding diaryl/α,β-unsaturated/α-hetero) is 3. The molecule has 3 amide bonds. The van der Waals surface area contributed by atoms with E-state index in [-0.39, 0.29) is 147 Å². The van der Waals surface area contributed by atoms with Crippen LogP contribution in [-0.2, 0) is 86.6 Å². The smallest absolute Gasteiger partial charge is 0.306 e. The number of amides is 3.